The lowest BCUT2D eigenvalue weighted by Gasteiger charge is -2.24. The Balaban J connectivity index is 1.85. The van der Waals surface area contributed by atoms with Gasteiger partial charge >= 0.3 is 0 Å². The zero-order valence-corrected chi connectivity index (χ0v) is 17.0. The molecule has 7 heteroatoms. The van der Waals surface area contributed by atoms with Crippen LogP contribution in [0.4, 0.5) is 0 Å². The molecular weight excluding hydrogens is 362 g/mol. The average molecular weight is 390 g/mol. The molecule has 1 aliphatic rings. The molecule has 1 aliphatic heterocycles. The van der Waals surface area contributed by atoms with Gasteiger partial charge < -0.3 is 10.1 Å². The van der Waals surface area contributed by atoms with E-state index < -0.39 is 0 Å². The highest BCUT2D eigenvalue weighted by Crippen LogP contribution is 2.21. The number of carbonyl (C=O) groups excluding carboxylic acids is 1. The van der Waals surface area contributed by atoms with Gasteiger partial charge in [0.1, 0.15) is 0 Å². The highest BCUT2D eigenvalue weighted by Gasteiger charge is 2.22. The molecule has 0 radical (unpaired) electrons. The predicted octanol–water partition coefficient (Wildman–Crippen LogP) is 2.97. The molecule has 146 valence electrons. The summed E-state index contributed by atoms with van der Waals surface area (Å²) in [5.74, 6) is 0.164. The van der Waals surface area contributed by atoms with Crippen LogP contribution in [0.5, 0.6) is 0 Å². The number of hydrogen-bond acceptors (Lipinski definition) is 5. The molecule has 2 heterocycles. The normalized spacial score (nSPS) is 17.4. The Kier molecular flexibility index (Phi) is 6.22. The molecule has 1 N–H and O–H groups in total. The predicted molar refractivity (Wildman–Crippen MR) is 108 cm³/mol. The van der Waals surface area contributed by atoms with Crippen LogP contribution in [0.1, 0.15) is 40.0 Å². The Hall–Kier alpha value is -1.86. The lowest BCUT2D eigenvalue weighted by atomic mass is 10.0. The summed E-state index contributed by atoms with van der Waals surface area (Å²) >= 11 is 1.30. The number of hydrogen-bond donors (Lipinski definition) is 1. The average Bonchev–Trinajstić information content (AvgIpc) is 3.15. The first-order valence-electron chi connectivity index (χ1n) is 9.44. The van der Waals surface area contributed by atoms with Crippen LogP contribution in [0.3, 0.4) is 0 Å². The number of rotatable bonds is 7. The Bertz CT molecular complexity index is 872. The fourth-order valence-electron chi connectivity index (χ4n) is 3.04. The summed E-state index contributed by atoms with van der Waals surface area (Å²) in [5, 5.41) is 4.18. The van der Waals surface area contributed by atoms with E-state index in [2.05, 4.69) is 10.3 Å². The van der Waals surface area contributed by atoms with E-state index in [9.17, 15) is 9.59 Å². The molecule has 3 rings (SSSR count). The number of fused-ring (bicyclic) bond motifs is 1. The van der Waals surface area contributed by atoms with Crippen LogP contribution in [0.2, 0.25) is 0 Å². The quantitative estimate of drug-likeness (QED) is 0.582. The molecule has 27 heavy (non-hydrogen) atoms. The number of thioether (sulfide) groups is 1. The fraction of sp³-hybridized carbons (Fsp3) is 0.550. The molecule has 1 saturated heterocycles. The van der Waals surface area contributed by atoms with Crippen molar-refractivity contribution >= 4 is 28.6 Å². The molecule has 1 amide bonds. The van der Waals surface area contributed by atoms with E-state index in [-0.39, 0.29) is 28.9 Å². The largest absolute Gasteiger partial charge is 0.376 e. The standard InChI is InChI=1S/C20H27N3O3S/c1-4-20(2,3)22-17(24)13-27-19-21-16-10-6-5-9-15(16)18(25)23(19)12-14-8-7-11-26-14/h5-6,9-10,14H,4,7-8,11-13H2,1-3H3,(H,22,24)/t14-/m1/s1. The van der Waals surface area contributed by atoms with E-state index in [4.69, 9.17) is 4.74 Å². The third-order valence-corrected chi connectivity index (χ3v) is 5.91. The van der Waals surface area contributed by atoms with Gasteiger partial charge in [-0.1, -0.05) is 30.8 Å². The van der Waals surface area contributed by atoms with Crippen LogP contribution in [0.25, 0.3) is 10.9 Å². The third kappa shape index (κ3) is 4.90. The van der Waals surface area contributed by atoms with Gasteiger partial charge in [-0.2, -0.15) is 0 Å². The van der Waals surface area contributed by atoms with Crippen molar-refractivity contribution < 1.29 is 9.53 Å². The maximum atomic E-state index is 13.0. The van der Waals surface area contributed by atoms with Crippen molar-refractivity contribution in [3.8, 4) is 0 Å². The summed E-state index contributed by atoms with van der Waals surface area (Å²) in [6, 6.07) is 7.33. The molecular formula is C20H27N3O3S. The van der Waals surface area contributed by atoms with Crippen molar-refractivity contribution in [1.29, 1.82) is 0 Å². The van der Waals surface area contributed by atoms with Gasteiger partial charge in [-0.05, 0) is 45.2 Å². The first-order chi connectivity index (χ1) is 12.9. The summed E-state index contributed by atoms with van der Waals surface area (Å²) in [6.07, 6.45) is 2.82. The molecule has 1 aromatic heterocycles. The van der Waals surface area contributed by atoms with Gasteiger partial charge in [0.05, 0.1) is 29.3 Å². The van der Waals surface area contributed by atoms with Crippen LogP contribution in [0, 0.1) is 0 Å². The minimum Gasteiger partial charge on any atom is -0.376 e. The molecule has 0 saturated carbocycles. The van der Waals surface area contributed by atoms with E-state index in [1.54, 1.807) is 10.6 Å². The van der Waals surface area contributed by atoms with Crippen molar-refractivity contribution in [3.05, 3.63) is 34.6 Å². The van der Waals surface area contributed by atoms with Crippen LogP contribution in [-0.2, 0) is 16.1 Å². The number of amides is 1. The molecule has 0 aliphatic carbocycles. The van der Waals surface area contributed by atoms with Crippen molar-refractivity contribution in [2.75, 3.05) is 12.4 Å². The van der Waals surface area contributed by atoms with Gasteiger partial charge in [0.2, 0.25) is 5.91 Å². The first-order valence-corrected chi connectivity index (χ1v) is 10.4. The van der Waals surface area contributed by atoms with Gasteiger partial charge in [0, 0.05) is 12.1 Å². The summed E-state index contributed by atoms with van der Waals surface area (Å²) < 4.78 is 7.38. The topological polar surface area (TPSA) is 73.2 Å². The molecule has 6 nitrogen and oxygen atoms in total. The molecule has 0 spiro atoms. The number of benzene rings is 1. The van der Waals surface area contributed by atoms with E-state index in [1.807, 2.05) is 39.0 Å². The van der Waals surface area contributed by atoms with E-state index in [1.165, 1.54) is 11.8 Å². The Morgan fingerprint density at radius 2 is 2.19 bits per heavy atom. The van der Waals surface area contributed by atoms with Crippen molar-refractivity contribution in [2.24, 2.45) is 0 Å². The molecule has 1 aromatic carbocycles. The summed E-state index contributed by atoms with van der Waals surface area (Å²) in [6.45, 7) is 7.24. The van der Waals surface area contributed by atoms with Crippen LogP contribution in [0.15, 0.2) is 34.2 Å². The highest BCUT2D eigenvalue weighted by atomic mass is 32.2. The zero-order chi connectivity index (χ0) is 19.4. The third-order valence-electron chi connectivity index (χ3n) is 4.93. The number of para-hydroxylation sites is 1. The maximum Gasteiger partial charge on any atom is 0.262 e. The minimum atomic E-state index is -0.244. The molecule has 2 aromatic rings. The second-order valence-electron chi connectivity index (χ2n) is 7.54. The molecule has 0 bridgehead atoms. The summed E-state index contributed by atoms with van der Waals surface area (Å²) in [4.78, 5) is 30.0. The van der Waals surface area contributed by atoms with Crippen molar-refractivity contribution in [2.45, 2.75) is 63.4 Å². The van der Waals surface area contributed by atoms with Gasteiger partial charge in [-0.15, -0.1) is 0 Å². The SMILES string of the molecule is CCC(C)(C)NC(=O)CSc1nc2ccccc2c(=O)n1C[C@H]1CCCO1. The van der Waals surface area contributed by atoms with Gasteiger partial charge in [-0.25, -0.2) is 4.98 Å². The second-order valence-corrected chi connectivity index (χ2v) is 8.48. The summed E-state index contributed by atoms with van der Waals surface area (Å²) in [5.41, 5.74) is 0.335. The Morgan fingerprint density at radius 3 is 2.89 bits per heavy atom. The van der Waals surface area contributed by atoms with Crippen LogP contribution >= 0.6 is 11.8 Å². The van der Waals surface area contributed by atoms with E-state index >= 15 is 0 Å². The Labute approximate surface area is 163 Å². The lowest BCUT2D eigenvalue weighted by molar-refractivity contribution is -0.120. The highest BCUT2D eigenvalue weighted by molar-refractivity contribution is 7.99. The number of carbonyl (C=O) groups is 1. The smallest absolute Gasteiger partial charge is 0.262 e. The van der Waals surface area contributed by atoms with E-state index in [0.717, 1.165) is 25.9 Å². The van der Waals surface area contributed by atoms with Gasteiger partial charge in [0.15, 0.2) is 5.16 Å². The summed E-state index contributed by atoms with van der Waals surface area (Å²) in [7, 11) is 0. The number of nitrogens with one attached hydrogen (secondary N) is 1. The zero-order valence-electron chi connectivity index (χ0n) is 16.2. The fourth-order valence-corrected chi connectivity index (χ4v) is 3.85. The lowest BCUT2D eigenvalue weighted by Crippen LogP contribution is -2.43. The molecule has 1 fully saturated rings. The van der Waals surface area contributed by atoms with Crippen LogP contribution < -0.4 is 10.9 Å². The van der Waals surface area contributed by atoms with Crippen molar-refractivity contribution in [1.82, 2.24) is 14.9 Å². The van der Waals surface area contributed by atoms with Gasteiger partial charge in [-0.3, -0.25) is 14.2 Å². The Morgan fingerprint density at radius 1 is 1.41 bits per heavy atom. The number of ether oxygens (including phenoxy) is 1. The number of nitrogens with zero attached hydrogens (tertiary/aromatic N) is 2. The van der Waals surface area contributed by atoms with E-state index in [0.29, 0.717) is 22.6 Å². The number of aromatic nitrogens is 2. The molecule has 0 unspecified atom stereocenters. The second kappa shape index (κ2) is 8.44. The van der Waals surface area contributed by atoms with Crippen molar-refractivity contribution in [3.63, 3.8) is 0 Å². The van der Waals surface area contributed by atoms with Crippen LogP contribution in [-0.4, -0.2) is 39.5 Å². The first kappa shape index (κ1) is 19.9. The van der Waals surface area contributed by atoms with Gasteiger partial charge in [0.25, 0.3) is 5.56 Å². The minimum absolute atomic E-state index is 0.0258. The monoisotopic (exact) mass is 389 g/mol. The molecule has 1 atom stereocenters. The maximum absolute atomic E-state index is 13.0.